The zero-order chi connectivity index (χ0) is 13.7. The number of esters is 1. The first-order valence-corrected chi connectivity index (χ1v) is 6.72. The van der Waals surface area contributed by atoms with Gasteiger partial charge in [0.25, 0.3) is 0 Å². The molecule has 0 atom stereocenters. The van der Waals surface area contributed by atoms with Gasteiger partial charge in [0.1, 0.15) is 5.75 Å². The molecule has 19 heavy (non-hydrogen) atoms. The van der Waals surface area contributed by atoms with E-state index in [2.05, 4.69) is 15.9 Å². The van der Waals surface area contributed by atoms with E-state index in [1.54, 1.807) is 36.4 Å². The Hall–Kier alpha value is -1.58. The summed E-state index contributed by atoms with van der Waals surface area (Å²) >= 11 is 9.29. The van der Waals surface area contributed by atoms with E-state index >= 15 is 0 Å². The van der Waals surface area contributed by atoms with Crippen molar-refractivity contribution in [1.82, 2.24) is 0 Å². The minimum Gasteiger partial charge on any atom is -0.423 e. The van der Waals surface area contributed by atoms with Gasteiger partial charge in [0, 0.05) is 15.6 Å². The van der Waals surface area contributed by atoms with E-state index in [-0.39, 0.29) is 0 Å². The zero-order valence-electron chi connectivity index (χ0n) is 9.85. The van der Waals surface area contributed by atoms with Gasteiger partial charge in [0.05, 0.1) is 0 Å². The smallest absolute Gasteiger partial charge is 0.336 e. The van der Waals surface area contributed by atoms with Crippen molar-refractivity contribution in [2.45, 2.75) is 0 Å². The van der Waals surface area contributed by atoms with Gasteiger partial charge in [0.15, 0.2) is 0 Å². The van der Waals surface area contributed by atoms with Gasteiger partial charge in [-0.15, -0.1) is 0 Å². The summed E-state index contributed by atoms with van der Waals surface area (Å²) in [5.74, 6) is 0.0549. The van der Waals surface area contributed by atoms with E-state index in [1.165, 1.54) is 6.08 Å². The second-order valence-electron chi connectivity index (χ2n) is 3.73. The lowest BCUT2D eigenvalue weighted by molar-refractivity contribution is -0.128. The summed E-state index contributed by atoms with van der Waals surface area (Å²) in [7, 11) is 0. The minimum atomic E-state index is -0.442. The number of carbonyl (C=O) groups is 1. The van der Waals surface area contributed by atoms with Gasteiger partial charge in [-0.1, -0.05) is 45.7 Å². The number of ether oxygens (including phenoxy) is 1. The van der Waals surface area contributed by atoms with Crippen LogP contribution in [0.2, 0.25) is 5.02 Å². The van der Waals surface area contributed by atoms with Gasteiger partial charge < -0.3 is 4.74 Å². The van der Waals surface area contributed by atoms with Gasteiger partial charge in [-0.25, -0.2) is 4.79 Å². The van der Waals surface area contributed by atoms with Crippen LogP contribution in [-0.2, 0) is 4.79 Å². The molecule has 4 heteroatoms. The van der Waals surface area contributed by atoms with Crippen LogP contribution in [0.15, 0.2) is 59.1 Å². The van der Waals surface area contributed by atoms with Crippen LogP contribution >= 0.6 is 27.5 Å². The number of benzene rings is 2. The third kappa shape index (κ3) is 4.23. The van der Waals surface area contributed by atoms with Gasteiger partial charge >= 0.3 is 5.97 Å². The van der Waals surface area contributed by atoms with Crippen molar-refractivity contribution in [2.75, 3.05) is 0 Å². The minimum absolute atomic E-state index is 0.442. The Morgan fingerprint density at radius 2 is 1.79 bits per heavy atom. The highest BCUT2D eigenvalue weighted by molar-refractivity contribution is 9.10. The van der Waals surface area contributed by atoms with Crippen LogP contribution < -0.4 is 4.74 Å². The van der Waals surface area contributed by atoms with Crippen LogP contribution in [0.3, 0.4) is 0 Å². The fraction of sp³-hybridized carbons (Fsp3) is 0. The molecule has 2 aromatic carbocycles. The summed E-state index contributed by atoms with van der Waals surface area (Å²) in [5, 5.41) is 0.593. The van der Waals surface area contributed by atoms with Crippen molar-refractivity contribution in [3.8, 4) is 5.75 Å². The van der Waals surface area contributed by atoms with Crippen LogP contribution in [0.4, 0.5) is 0 Å². The average Bonchev–Trinajstić information content (AvgIpc) is 2.40. The van der Waals surface area contributed by atoms with Crippen LogP contribution in [0.25, 0.3) is 6.08 Å². The first-order valence-electron chi connectivity index (χ1n) is 5.55. The molecular weight excluding hydrogens is 328 g/mol. The molecule has 2 rings (SSSR count). The molecular formula is C15H10BrClO2. The zero-order valence-corrected chi connectivity index (χ0v) is 12.2. The van der Waals surface area contributed by atoms with Crippen LogP contribution in [0.1, 0.15) is 5.56 Å². The molecule has 0 heterocycles. The average molecular weight is 338 g/mol. The highest BCUT2D eigenvalue weighted by Crippen LogP contribution is 2.18. The predicted octanol–water partition coefficient (Wildman–Crippen LogP) is 4.72. The fourth-order valence-corrected chi connectivity index (χ4v) is 1.88. The number of halogens is 2. The quantitative estimate of drug-likeness (QED) is 0.460. The van der Waals surface area contributed by atoms with E-state index in [0.717, 1.165) is 10.0 Å². The molecule has 0 saturated heterocycles. The van der Waals surface area contributed by atoms with E-state index in [1.807, 2.05) is 18.2 Å². The van der Waals surface area contributed by atoms with E-state index < -0.39 is 5.97 Å². The SMILES string of the molecule is O=C(/C=C/c1ccccc1Cl)Oc1ccc(Br)cc1. The third-order valence-corrected chi connectivity index (χ3v) is 3.21. The summed E-state index contributed by atoms with van der Waals surface area (Å²) in [6, 6.07) is 14.3. The number of hydrogen-bond donors (Lipinski definition) is 0. The van der Waals surface area contributed by atoms with Gasteiger partial charge in [-0.2, -0.15) is 0 Å². The highest BCUT2D eigenvalue weighted by atomic mass is 79.9. The molecule has 2 nitrogen and oxygen atoms in total. The number of carbonyl (C=O) groups excluding carboxylic acids is 1. The van der Waals surface area contributed by atoms with Crippen molar-refractivity contribution in [1.29, 1.82) is 0 Å². The Bertz CT molecular complexity index is 606. The van der Waals surface area contributed by atoms with E-state index in [4.69, 9.17) is 16.3 Å². The van der Waals surface area contributed by atoms with Gasteiger partial charge in [-0.05, 0) is 42.0 Å². The molecule has 0 aromatic heterocycles. The predicted molar refractivity (Wildman–Crippen MR) is 80.3 cm³/mol. The molecule has 0 spiro atoms. The Morgan fingerprint density at radius 3 is 2.47 bits per heavy atom. The Labute approximate surface area is 124 Å². The fourth-order valence-electron chi connectivity index (χ4n) is 1.42. The molecule has 0 aliphatic rings. The Balaban J connectivity index is 2.02. The van der Waals surface area contributed by atoms with Crippen molar-refractivity contribution in [2.24, 2.45) is 0 Å². The van der Waals surface area contributed by atoms with E-state index in [0.29, 0.717) is 10.8 Å². The number of hydrogen-bond acceptors (Lipinski definition) is 2. The maximum atomic E-state index is 11.6. The lowest BCUT2D eigenvalue weighted by atomic mass is 10.2. The normalized spacial score (nSPS) is 10.6. The van der Waals surface area contributed by atoms with Crippen molar-refractivity contribution >= 4 is 39.6 Å². The molecule has 2 aromatic rings. The van der Waals surface area contributed by atoms with Crippen molar-refractivity contribution in [3.63, 3.8) is 0 Å². The van der Waals surface area contributed by atoms with Gasteiger partial charge in [-0.3, -0.25) is 0 Å². The molecule has 0 amide bonds. The Morgan fingerprint density at radius 1 is 1.11 bits per heavy atom. The molecule has 0 radical (unpaired) electrons. The van der Waals surface area contributed by atoms with Crippen LogP contribution in [0, 0.1) is 0 Å². The lowest BCUT2D eigenvalue weighted by Crippen LogP contribution is -2.03. The van der Waals surface area contributed by atoms with Crippen molar-refractivity contribution in [3.05, 3.63) is 69.7 Å². The molecule has 0 unspecified atom stereocenters. The molecule has 0 aliphatic carbocycles. The first-order chi connectivity index (χ1) is 9.15. The largest absolute Gasteiger partial charge is 0.423 e. The highest BCUT2D eigenvalue weighted by Gasteiger charge is 2.01. The van der Waals surface area contributed by atoms with Crippen LogP contribution in [-0.4, -0.2) is 5.97 Å². The Kier molecular flexibility index (Phi) is 4.77. The van der Waals surface area contributed by atoms with E-state index in [9.17, 15) is 4.79 Å². The van der Waals surface area contributed by atoms with Gasteiger partial charge in [0.2, 0.25) is 0 Å². The molecule has 0 N–H and O–H groups in total. The summed E-state index contributed by atoms with van der Waals surface area (Å²) < 4.78 is 6.07. The molecule has 96 valence electrons. The summed E-state index contributed by atoms with van der Waals surface area (Å²) in [5.41, 5.74) is 0.775. The second kappa shape index (κ2) is 6.55. The second-order valence-corrected chi connectivity index (χ2v) is 5.05. The molecule has 0 aliphatic heterocycles. The maximum absolute atomic E-state index is 11.6. The molecule has 0 fully saturated rings. The lowest BCUT2D eigenvalue weighted by Gasteiger charge is -2.01. The summed E-state index contributed by atoms with van der Waals surface area (Å²) in [6.45, 7) is 0. The van der Waals surface area contributed by atoms with Crippen molar-refractivity contribution < 1.29 is 9.53 Å². The third-order valence-electron chi connectivity index (χ3n) is 2.34. The topological polar surface area (TPSA) is 26.3 Å². The van der Waals surface area contributed by atoms with Crippen LogP contribution in [0.5, 0.6) is 5.75 Å². The standard InChI is InChI=1S/C15H10BrClO2/c16-12-6-8-13(9-7-12)19-15(18)10-5-11-3-1-2-4-14(11)17/h1-10H/b10-5+. The maximum Gasteiger partial charge on any atom is 0.336 e. The number of rotatable bonds is 3. The summed E-state index contributed by atoms with van der Waals surface area (Å²) in [6.07, 6.45) is 2.98. The summed E-state index contributed by atoms with van der Waals surface area (Å²) in [4.78, 5) is 11.6. The molecule has 0 bridgehead atoms. The monoisotopic (exact) mass is 336 g/mol. The molecule has 0 saturated carbocycles. The first kappa shape index (κ1) is 13.8.